The largest absolute Gasteiger partial charge is 0.487 e. The highest BCUT2D eigenvalue weighted by atomic mass is 35.5. The molecule has 142 valence electrons. The van der Waals surface area contributed by atoms with E-state index in [0.29, 0.717) is 10.0 Å². The van der Waals surface area contributed by atoms with E-state index in [1.807, 2.05) is 24.3 Å². The van der Waals surface area contributed by atoms with Crippen LogP contribution in [0.2, 0.25) is 10.0 Å². The topological polar surface area (TPSA) is 38.3 Å². The van der Waals surface area contributed by atoms with Gasteiger partial charge in [0.1, 0.15) is 11.4 Å². The van der Waals surface area contributed by atoms with Gasteiger partial charge in [0.2, 0.25) is 5.91 Å². The lowest BCUT2D eigenvalue weighted by atomic mass is 9.83. The Morgan fingerprint density at radius 2 is 1.96 bits per heavy atom. The van der Waals surface area contributed by atoms with Crippen LogP contribution in [0.1, 0.15) is 50.3 Å². The fraction of sp³-hybridized carbons (Fsp3) is 0.318. The second-order valence-corrected chi connectivity index (χ2v) is 7.64. The summed E-state index contributed by atoms with van der Waals surface area (Å²) in [5.41, 5.74) is 1.51. The summed E-state index contributed by atoms with van der Waals surface area (Å²) in [5, 5.41) is 4.20. The molecule has 1 aliphatic heterocycles. The molecule has 0 radical (unpaired) electrons. The minimum atomic E-state index is -0.254. The van der Waals surface area contributed by atoms with Crippen LogP contribution in [0.3, 0.4) is 0 Å². The zero-order chi connectivity index (χ0) is 19.4. The third-order valence-electron chi connectivity index (χ3n) is 5.18. The van der Waals surface area contributed by atoms with E-state index in [-0.39, 0.29) is 17.6 Å². The SMILES string of the molecule is CCC1(CC)C[C@H](NC(=O)/C=C/c2ccc(Cl)cc2Cl)c2ccccc2O1. The Bertz CT molecular complexity index is 859. The van der Waals surface area contributed by atoms with Gasteiger partial charge in [-0.2, -0.15) is 0 Å². The van der Waals surface area contributed by atoms with E-state index in [1.54, 1.807) is 24.3 Å². The number of amides is 1. The molecule has 2 aromatic carbocycles. The minimum Gasteiger partial charge on any atom is -0.487 e. The van der Waals surface area contributed by atoms with Gasteiger partial charge in [-0.05, 0) is 42.7 Å². The standard InChI is InChI=1S/C22H23Cl2NO2/c1-3-22(4-2)14-19(17-7-5-6-8-20(17)27-22)25-21(26)12-10-15-9-11-16(23)13-18(15)24/h5-13,19H,3-4,14H2,1-2H3,(H,25,26)/b12-10+/t19-/m0/s1. The number of ether oxygens (including phenoxy) is 1. The van der Waals surface area contributed by atoms with Crippen LogP contribution < -0.4 is 10.1 Å². The Kier molecular flexibility index (Phi) is 6.13. The molecule has 1 atom stereocenters. The molecule has 0 spiro atoms. The van der Waals surface area contributed by atoms with Crippen LogP contribution in [0, 0.1) is 0 Å². The molecule has 1 heterocycles. The van der Waals surface area contributed by atoms with Crippen LogP contribution in [0.15, 0.2) is 48.5 Å². The van der Waals surface area contributed by atoms with Gasteiger partial charge in [0.25, 0.3) is 0 Å². The third-order valence-corrected chi connectivity index (χ3v) is 5.74. The van der Waals surface area contributed by atoms with E-state index < -0.39 is 0 Å². The molecule has 0 fully saturated rings. The first-order valence-electron chi connectivity index (χ1n) is 9.18. The average molecular weight is 404 g/mol. The van der Waals surface area contributed by atoms with Crippen molar-refractivity contribution in [3.05, 3.63) is 69.7 Å². The number of para-hydroxylation sites is 1. The molecule has 1 aliphatic rings. The quantitative estimate of drug-likeness (QED) is 0.602. The van der Waals surface area contributed by atoms with Crippen LogP contribution in [-0.2, 0) is 4.79 Å². The van der Waals surface area contributed by atoms with Gasteiger partial charge < -0.3 is 10.1 Å². The number of carbonyl (C=O) groups is 1. The second-order valence-electron chi connectivity index (χ2n) is 6.79. The Morgan fingerprint density at radius 1 is 1.22 bits per heavy atom. The zero-order valence-corrected chi connectivity index (χ0v) is 17.0. The van der Waals surface area contributed by atoms with E-state index in [9.17, 15) is 4.79 Å². The molecule has 0 aromatic heterocycles. The van der Waals surface area contributed by atoms with Gasteiger partial charge in [-0.1, -0.05) is 61.3 Å². The summed E-state index contributed by atoms with van der Waals surface area (Å²) in [5.74, 6) is 0.686. The Morgan fingerprint density at radius 3 is 2.67 bits per heavy atom. The molecule has 27 heavy (non-hydrogen) atoms. The fourth-order valence-corrected chi connectivity index (χ4v) is 3.92. The Labute approximate surface area is 170 Å². The first-order valence-corrected chi connectivity index (χ1v) is 9.93. The van der Waals surface area contributed by atoms with Crippen LogP contribution in [0.5, 0.6) is 5.75 Å². The maximum absolute atomic E-state index is 12.6. The maximum Gasteiger partial charge on any atom is 0.244 e. The molecule has 0 bridgehead atoms. The number of hydrogen-bond acceptors (Lipinski definition) is 2. The smallest absolute Gasteiger partial charge is 0.244 e. The van der Waals surface area contributed by atoms with E-state index in [1.165, 1.54) is 6.08 Å². The molecule has 0 unspecified atom stereocenters. The number of halogens is 2. The number of hydrogen-bond donors (Lipinski definition) is 1. The van der Waals surface area contributed by atoms with Crippen molar-refractivity contribution in [1.29, 1.82) is 0 Å². The Hall–Kier alpha value is -1.97. The van der Waals surface area contributed by atoms with Crippen molar-refractivity contribution in [1.82, 2.24) is 5.32 Å². The predicted octanol–water partition coefficient (Wildman–Crippen LogP) is 6.21. The van der Waals surface area contributed by atoms with E-state index in [2.05, 4.69) is 19.2 Å². The van der Waals surface area contributed by atoms with Gasteiger partial charge >= 0.3 is 0 Å². The summed E-state index contributed by atoms with van der Waals surface area (Å²) in [6.07, 6.45) is 5.73. The number of fused-ring (bicyclic) bond motifs is 1. The molecule has 2 aromatic rings. The van der Waals surface area contributed by atoms with Crippen LogP contribution in [0.25, 0.3) is 6.08 Å². The highest BCUT2D eigenvalue weighted by molar-refractivity contribution is 6.35. The average Bonchev–Trinajstić information content (AvgIpc) is 2.67. The first-order chi connectivity index (χ1) is 13.0. The molecule has 3 rings (SSSR count). The summed E-state index contributed by atoms with van der Waals surface area (Å²) in [7, 11) is 0. The number of carbonyl (C=O) groups excluding carboxylic acids is 1. The maximum atomic E-state index is 12.6. The van der Waals surface area contributed by atoms with Crippen molar-refractivity contribution < 1.29 is 9.53 Å². The summed E-state index contributed by atoms with van der Waals surface area (Å²) >= 11 is 12.1. The Balaban J connectivity index is 1.79. The van der Waals surface area contributed by atoms with E-state index >= 15 is 0 Å². The van der Waals surface area contributed by atoms with Crippen molar-refractivity contribution >= 4 is 35.2 Å². The van der Waals surface area contributed by atoms with E-state index in [0.717, 1.165) is 36.1 Å². The third kappa shape index (κ3) is 4.48. The van der Waals surface area contributed by atoms with Crippen molar-refractivity contribution in [2.24, 2.45) is 0 Å². The molecular formula is C22H23Cl2NO2. The molecule has 0 saturated heterocycles. The summed E-state index contributed by atoms with van der Waals surface area (Å²) in [6, 6.07) is 13.0. The molecule has 1 N–H and O–H groups in total. The first kappa shape index (κ1) is 19.8. The van der Waals surface area contributed by atoms with Crippen molar-refractivity contribution in [2.75, 3.05) is 0 Å². The molecular weight excluding hydrogens is 381 g/mol. The lowest BCUT2D eigenvalue weighted by Crippen LogP contribution is -2.44. The van der Waals surface area contributed by atoms with Crippen molar-refractivity contribution in [2.45, 2.75) is 44.8 Å². The molecule has 0 aliphatic carbocycles. The van der Waals surface area contributed by atoms with Gasteiger partial charge in [0.05, 0.1) is 6.04 Å². The molecule has 0 saturated carbocycles. The van der Waals surface area contributed by atoms with Gasteiger partial charge in [-0.25, -0.2) is 0 Å². The number of benzene rings is 2. The molecule has 3 nitrogen and oxygen atoms in total. The summed E-state index contributed by atoms with van der Waals surface area (Å²) in [6.45, 7) is 4.25. The lowest BCUT2D eigenvalue weighted by Gasteiger charge is -2.41. The monoisotopic (exact) mass is 403 g/mol. The lowest BCUT2D eigenvalue weighted by molar-refractivity contribution is -0.117. The van der Waals surface area contributed by atoms with Crippen LogP contribution >= 0.6 is 23.2 Å². The zero-order valence-electron chi connectivity index (χ0n) is 15.5. The van der Waals surface area contributed by atoms with Crippen molar-refractivity contribution in [3.8, 4) is 5.75 Å². The fourth-order valence-electron chi connectivity index (χ4n) is 3.45. The number of rotatable bonds is 5. The normalized spacial score (nSPS) is 18.0. The second kappa shape index (κ2) is 8.37. The highest BCUT2D eigenvalue weighted by Crippen LogP contribution is 2.42. The van der Waals surface area contributed by atoms with Gasteiger partial charge in [-0.3, -0.25) is 4.79 Å². The summed E-state index contributed by atoms with van der Waals surface area (Å²) in [4.78, 5) is 12.6. The van der Waals surface area contributed by atoms with Gasteiger partial charge in [-0.15, -0.1) is 0 Å². The predicted molar refractivity (Wildman–Crippen MR) is 111 cm³/mol. The van der Waals surface area contributed by atoms with Crippen molar-refractivity contribution in [3.63, 3.8) is 0 Å². The molecule has 1 amide bonds. The van der Waals surface area contributed by atoms with Gasteiger partial charge in [0, 0.05) is 28.1 Å². The van der Waals surface area contributed by atoms with Crippen LogP contribution in [-0.4, -0.2) is 11.5 Å². The summed E-state index contributed by atoms with van der Waals surface area (Å²) < 4.78 is 6.29. The number of nitrogens with one attached hydrogen (secondary N) is 1. The minimum absolute atomic E-state index is 0.0901. The van der Waals surface area contributed by atoms with E-state index in [4.69, 9.17) is 27.9 Å². The van der Waals surface area contributed by atoms with Gasteiger partial charge in [0.15, 0.2) is 0 Å². The van der Waals surface area contributed by atoms with Crippen LogP contribution in [0.4, 0.5) is 0 Å². The highest BCUT2D eigenvalue weighted by Gasteiger charge is 2.38. The molecule has 5 heteroatoms.